The van der Waals surface area contributed by atoms with Crippen LogP contribution >= 0.6 is 0 Å². The zero-order valence-corrected chi connectivity index (χ0v) is 23.8. The van der Waals surface area contributed by atoms with Gasteiger partial charge < -0.3 is 10.4 Å². The van der Waals surface area contributed by atoms with Crippen LogP contribution in [0, 0.1) is 0 Å². The number of nitrogens with one attached hydrogen (secondary N) is 1. The topological polar surface area (TPSA) is 134 Å². The summed E-state index contributed by atoms with van der Waals surface area (Å²) in [5.74, 6) is 0.429. The van der Waals surface area contributed by atoms with E-state index in [-0.39, 0.29) is 53.1 Å². The van der Waals surface area contributed by atoms with Crippen LogP contribution in [0.2, 0.25) is 0 Å². The lowest BCUT2D eigenvalue weighted by atomic mass is 10.0. The maximum atomic E-state index is 13.1. The standard InChI is InChI=1S/C29H35N5O5S/c1-29(2,3)34-25(18-23(32-34)19-13-14-20(35)17-19)30-24-11-8-12-26(31-24)40(38,39)16-7-6-15-33-27(36)21-9-4-5-10-22(21)28(33)37/h4-5,8-12,18-20,35H,6-7,13-17H2,1-3H3,(H,30,31)/t19-,20+/m0/s1. The minimum absolute atomic E-state index is 0.0424. The summed E-state index contributed by atoms with van der Waals surface area (Å²) in [5, 5.41) is 18.0. The minimum atomic E-state index is -3.69. The second-order valence-corrected chi connectivity index (χ2v) is 13.6. The number of rotatable bonds is 9. The van der Waals surface area contributed by atoms with Gasteiger partial charge in [0.25, 0.3) is 11.8 Å². The number of pyridine rings is 1. The van der Waals surface area contributed by atoms with Crippen molar-refractivity contribution in [3.63, 3.8) is 0 Å². The molecule has 11 heteroatoms. The molecule has 3 aromatic rings. The Kier molecular flexibility index (Phi) is 7.54. The number of imide groups is 1. The smallest absolute Gasteiger partial charge is 0.261 e. The number of aliphatic hydroxyl groups is 1. The van der Waals surface area contributed by atoms with E-state index >= 15 is 0 Å². The Balaban J connectivity index is 1.24. The van der Waals surface area contributed by atoms with Gasteiger partial charge in [-0.25, -0.2) is 18.1 Å². The van der Waals surface area contributed by atoms with Crippen LogP contribution in [0.5, 0.6) is 0 Å². The Morgan fingerprint density at radius 3 is 2.33 bits per heavy atom. The van der Waals surface area contributed by atoms with Gasteiger partial charge in [-0.05, 0) is 77.1 Å². The first-order chi connectivity index (χ1) is 18.9. The summed E-state index contributed by atoms with van der Waals surface area (Å²) in [5.41, 5.74) is 1.33. The summed E-state index contributed by atoms with van der Waals surface area (Å²) in [6.45, 7) is 6.27. The molecule has 212 valence electrons. The van der Waals surface area contributed by atoms with E-state index in [4.69, 9.17) is 5.10 Å². The normalized spacial score (nSPS) is 19.4. The van der Waals surface area contributed by atoms with E-state index < -0.39 is 9.84 Å². The van der Waals surface area contributed by atoms with Crippen molar-refractivity contribution in [2.75, 3.05) is 17.6 Å². The van der Waals surface area contributed by atoms with Gasteiger partial charge in [-0.2, -0.15) is 5.10 Å². The highest BCUT2D eigenvalue weighted by atomic mass is 32.2. The van der Waals surface area contributed by atoms with Gasteiger partial charge in [0, 0.05) is 18.5 Å². The van der Waals surface area contributed by atoms with Gasteiger partial charge in [0.2, 0.25) is 0 Å². The highest BCUT2D eigenvalue weighted by Gasteiger charge is 2.34. The van der Waals surface area contributed by atoms with Crippen molar-refractivity contribution >= 4 is 33.3 Å². The van der Waals surface area contributed by atoms with Crippen molar-refractivity contribution in [1.82, 2.24) is 19.7 Å². The van der Waals surface area contributed by atoms with Crippen LogP contribution in [0.15, 0.2) is 53.6 Å². The Bertz CT molecular complexity index is 1510. The molecule has 40 heavy (non-hydrogen) atoms. The van der Waals surface area contributed by atoms with E-state index in [1.807, 2.05) is 31.5 Å². The van der Waals surface area contributed by atoms with Gasteiger partial charge >= 0.3 is 0 Å². The van der Waals surface area contributed by atoms with Gasteiger partial charge in [0.1, 0.15) is 11.6 Å². The largest absolute Gasteiger partial charge is 0.393 e. The van der Waals surface area contributed by atoms with Gasteiger partial charge in [0.15, 0.2) is 14.9 Å². The number of carbonyl (C=O) groups excluding carboxylic acids is 2. The maximum absolute atomic E-state index is 13.1. The highest BCUT2D eigenvalue weighted by molar-refractivity contribution is 7.91. The second kappa shape index (κ2) is 10.8. The van der Waals surface area contributed by atoms with Crippen molar-refractivity contribution in [1.29, 1.82) is 0 Å². The first kappa shape index (κ1) is 28.0. The molecule has 1 fully saturated rings. The first-order valence-electron chi connectivity index (χ1n) is 13.6. The lowest BCUT2D eigenvalue weighted by molar-refractivity contribution is 0.0652. The third-order valence-electron chi connectivity index (χ3n) is 7.41. The lowest BCUT2D eigenvalue weighted by Gasteiger charge is -2.22. The molecule has 1 aromatic carbocycles. The molecule has 1 aliphatic heterocycles. The first-order valence-corrected chi connectivity index (χ1v) is 15.3. The Hall–Kier alpha value is -3.57. The Morgan fingerprint density at radius 1 is 1.00 bits per heavy atom. The molecular formula is C29H35N5O5S. The zero-order chi connectivity index (χ0) is 28.7. The molecule has 1 aliphatic carbocycles. The molecule has 2 atom stereocenters. The van der Waals surface area contributed by atoms with Gasteiger partial charge in [-0.3, -0.25) is 14.5 Å². The monoisotopic (exact) mass is 565 g/mol. The summed E-state index contributed by atoms with van der Waals surface area (Å²) in [7, 11) is -3.69. The molecule has 0 unspecified atom stereocenters. The van der Waals surface area contributed by atoms with E-state index in [9.17, 15) is 23.1 Å². The van der Waals surface area contributed by atoms with Gasteiger partial charge in [-0.1, -0.05) is 18.2 Å². The van der Waals surface area contributed by atoms with Gasteiger partial charge in [-0.15, -0.1) is 0 Å². The lowest BCUT2D eigenvalue weighted by Crippen LogP contribution is -2.31. The second-order valence-electron chi connectivity index (χ2n) is 11.5. The number of hydrogen-bond acceptors (Lipinski definition) is 8. The summed E-state index contributed by atoms with van der Waals surface area (Å²) in [4.78, 5) is 30.6. The molecule has 0 bridgehead atoms. The fourth-order valence-corrected chi connectivity index (χ4v) is 6.64. The average molecular weight is 566 g/mol. The van der Waals surface area contributed by atoms with Gasteiger partial charge in [0.05, 0.1) is 34.2 Å². The number of fused-ring (bicyclic) bond motifs is 1. The summed E-state index contributed by atoms with van der Waals surface area (Å²) >= 11 is 0. The van der Waals surface area contributed by atoms with Crippen LogP contribution < -0.4 is 5.32 Å². The number of aromatic nitrogens is 3. The number of nitrogens with zero attached hydrogens (tertiary/aromatic N) is 4. The fourth-order valence-electron chi connectivity index (χ4n) is 5.32. The molecule has 0 radical (unpaired) electrons. The average Bonchev–Trinajstić information content (AvgIpc) is 3.60. The number of sulfone groups is 1. The molecular weight excluding hydrogens is 530 g/mol. The summed E-state index contributed by atoms with van der Waals surface area (Å²) < 4.78 is 28.1. The third kappa shape index (κ3) is 5.66. The molecule has 2 amide bonds. The highest BCUT2D eigenvalue weighted by Crippen LogP contribution is 2.36. The molecule has 0 saturated heterocycles. The van der Waals surface area contributed by atoms with Crippen molar-refractivity contribution in [2.24, 2.45) is 0 Å². The molecule has 10 nitrogen and oxygen atoms in total. The predicted molar refractivity (Wildman–Crippen MR) is 150 cm³/mol. The SMILES string of the molecule is CC(C)(C)n1nc([C@H]2CC[C@@H](O)C2)cc1Nc1cccc(S(=O)(=O)CCCCN2C(=O)c3ccccc3C2=O)n1. The van der Waals surface area contributed by atoms with Crippen LogP contribution in [-0.2, 0) is 15.4 Å². The summed E-state index contributed by atoms with van der Waals surface area (Å²) in [6, 6.07) is 13.5. The van der Waals surface area contributed by atoms with Crippen LogP contribution in [0.4, 0.5) is 11.6 Å². The molecule has 0 spiro atoms. The predicted octanol–water partition coefficient (Wildman–Crippen LogP) is 4.26. The number of unbranched alkanes of at least 4 members (excludes halogenated alkanes) is 1. The van der Waals surface area contributed by atoms with E-state index in [1.165, 1.54) is 11.0 Å². The van der Waals surface area contributed by atoms with Crippen molar-refractivity contribution in [3.8, 4) is 0 Å². The number of carbonyl (C=O) groups is 2. The molecule has 2 aliphatic rings. The number of amides is 2. The van der Waals surface area contributed by atoms with Crippen molar-refractivity contribution in [3.05, 3.63) is 65.4 Å². The van der Waals surface area contributed by atoms with Crippen molar-refractivity contribution in [2.45, 2.75) is 75.5 Å². The Morgan fingerprint density at radius 2 is 1.70 bits per heavy atom. The fraction of sp³-hybridized carbons (Fsp3) is 0.448. The molecule has 3 heterocycles. The molecule has 5 rings (SSSR count). The minimum Gasteiger partial charge on any atom is -0.393 e. The third-order valence-corrected chi connectivity index (χ3v) is 9.10. The Labute approximate surface area is 234 Å². The number of anilines is 2. The van der Waals surface area contributed by atoms with E-state index in [0.717, 1.165) is 18.5 Å². The zero-order valence-electron chi connectivity index (χ0n) is 23.0. The van der Waals surface area contributed by atoms with Crippen LogP contribution in [0.3, 0.4) is 0 Å². The van der Waals surface area contributed by atoms with E-state index in [2.05, 4.69) is 10.3 Å². The number of aliphatic hydroxyl groups excluding tert-OH is 1. The van der Waals surface area contributed by atoms with Crippen LogP contribution in [0.25, 0.3) is 0 Å². The molecule has 2 aromatic heterocycles. The van der Waals surface area contributed by atoms with Crippen molar-refractivity contribution < 1.29 is 23.1 Å². The van der Waals surface area contributed by atoms with E-state index in [0.29, 0.717) is 35.6 Å². The van der Waals surface area contributed by atoms with E-state index in [1.54, 1.807) is 36.4 Å². The summed E-state index contributed by atoms with van der Waals surface area (Å²) in [6.07, 6.45) is 2.65. The quantitative estimate of drug-likeness (QED) is 0.290. The number of benzene rings is 1. The molecule has 1 saturated carbocycles. The molecule has 2 N–H and O–H groups in total. The van der Waals surface area contributed by atoms with Crippen LogP contribution in [0.1, 0.15) is 85.2 Å². The van der Waals surface area contributed by atoms with Crippen LogP contribution in [-0.4, -0.2) is 63.4 Å². The number of hydrogen-bond donors (Lipinski definition) is 2. The maximum Gasteiger partial charge on any atom is 0.261 e.